The molecule has 0 aliphatic rings. The molecule has 20 heavy (non-hydrogen) atoms. The summed E-state index contributed by atoms with van der Waals surface area (Å²) in [4.78, 5) is 11.7. The van der Waals surface area contributed by atoms with Crippen molar-refractivity contribution >= 4 is 17.5 Å². The van der Waals surface area contributed by atoms with Gasteiger partial charge in [0.1, 0.15) is 0 Å². The van der Waals surface area contributed by atoms with Crippen molar-refractivity contribution in [1.82, 2.24) is 15.1 Å². The third-order valence-corrected chi connectivity index (χ3v) is 3.48. The number of likely N-dealkylation sites (N-methyl/N-ethyl adjacent to an activating group) is 1. The van der Waals surface area contributed by atoms with Gasteiger partial charge >= 0.3 is 0 Å². The van der Waals surface area contributed by atoms with Crippen LogP contribution in [-0.4, -0.2) is 22.2 Å². The molecule has 1 aromatic carbocycles. The lowest BCUT2D eigenvalue weighted by Gasteiger charge is -2.06. The van der Waals surface area contributed by atoms with E-state index < -0.39 is 0 Å². The molecule has 0 fully saturated rings. The number of benzene rings is 1. The van der Waals surface area contributed by atoms with Crippen LogP contribution in [0, 0.1) is 13.8 Å². The summed E-state index contributed by atoms with van der Waals surface area (Å²) >= 11 is 5.90. The van der Waals surface area contributed by atoms with Crippen LogP contribution in [0.4, 0.5) is 0 Å². The molecule has 0 bridgehead atoms. The number of nitrogens with zero attached hydrogens (tertiary/aromatic N) is 2. The van der Waals surface area contributed by atoms with E-state index in [9.17, 15) is 4.79 Å². The Morgan fingerprint density at radius 1 is 1.30 bits per heavy atom. The second-order valence-electron chi connectivity index (χ2n) is 4.67. The zero-order valence-corrected chi connectivity index (χ0v) is 12.7. The van der Waals surface area contributed by atoms with Crippen molar-refractivity contribution in [1.29, 1.82) is 0 Å². The lowest BCUT2D eigenvalue weighted by Crippen LogP contribution is -2.24. The van der Waals surface area contributed by atoms with Gasteiger partial charge < -0.3 is 5.32 Å². The average Bonchev–Trinajstić information content (AvgIpc) is 2.68. The minimum Gasteiger partial charge on any atom is -0.356 e. The highest BCUT2D eigenvalue weighted by Crippen LogP contribution is 2.20. The summed E-state index contributed by atoms with van der Waals surface area (Å²) in [6, 6.07) is 7.49. The third kappa shape index (κ3) is 3.02. The van der Waals surface area contributed by atoms with E-state index in [1.165, 1.54) is 0 Å². The molecule has 0 saturated heterocycles. The third-order valence-electron chi connectivity index (χ3n) is 3.22. The lowest BCUT2D eigenvalue weighted by atomic mass is 10.1. The molecule has 2 aromatic rings. The van der Waals surface area contributed by atoms with Gasteiger partial charge in [0.15, 0.2) is 0 Å². The molecular formula is C15H18ClN3O. The summed E-state index contributed by atoms with van der Waals surface area (Å²) in [5.74, 6) is 0.0226. The van der Waals surface area contributed by atoms with E-state index in [1.54, 1.807) is 0 Å². The average molecular weight is 292 g/mol. The number of hydrogen-bond donors (Lipinski definition) is 1. The Bertz CT molecular complexity index is 617. The predicted molar refractivity (Wildman–Crippen MR) is 80.4 cm³/mol. The fraction of sp³-hybridized carbons (Fsp3) is 0.333. The first-order valence-corrected chi connectivity index (χ1v) is 6.98. The number of aryl methyl sites for hydroxylation is 1. The Labute approximate surface area is 123 Å². The van der Waals surface area contributed by atoms with Gasteiger partial charge in [0, 0.05) is 22.8 Å². The van der Waals surface area contributed by atoms with Crippen molar-refractivity contribution in [2.75, 3.05) is 6.54 Å². The van der Waals surface area contributed by atoms with Crippen LogP contribution in [0.1, 0.15) is 23.9 Å². The zero-order chi connectivity index (χ0) is 14.7. The molecule has 1 N–H and O–H groups in total. The second kappa shape index (κ2) is 6.09. The Morgan fingerprint density at radius 2 is 1.95 bits per heavy atom. The summed E-state index contributed by atoms with van der Waals surface area (Å²) in [5.41, 5.74) is 3.78. The van der Waals surface area contributed by atoms with Crippen LogP contribution in [-0.2, 0) is 11.2 Å². The number of carbonyl (C=O) groups excluding carboxylic acids is 1. The number of hydrogen-bond acceptors (Lipinski definition) is 2. The fourth-order valence-electron chi connectivity index (χ4n) is 2.18. The Balaban J connectivity index is 2.33. The first kappa shape index (κ1) is 14.6. The molecule has 0 atom stereocenters. The summed E-state index contributed by atoms with van der Waals surface area (Å²) in [5, 5.41) is 8.02. The Hall–Kier alpha value is -1.81. The Morgan fingerprint density at radius 3 is 2.55 bits per heavy atom. The smallest absolute Gasteiger partial charge is 0.224 e. The molecule has 1 aromatic heterocycles. The molecule has 0 unspecified atom stereocenters. The monoisotopic (exact) mass is 291 g/mol. The maximum atomic E-state index is 11.7. The van der Waals surface area contributed by atoms with Gasteiger partial charge in [-0.25, -0.2) is 4.68 Å². The first-order valence-electron chi connectivity index (χ1n) is 6.60. The van der Waals surface area contributed by atoms with Crippen LogP contribution in [0.3, 0.4) is 0 Å². The maximum Gasteiger partial charge on any atom is 0.224 e. The van der Waals surface area contributed by atoms with Crippen molar-refractivity contribution < 1.29 is 4.79 Å². The molecule has 1 amide bonds. The quantitative estimate of drug-likeness (QED) is 0.941. The fourth-order valence-corrected chi connectivity index (χ4v) is 2.31. The van der Waals surface area contributed by atoms with E-state index in [1.807, 2.05) is 49.7 Å². The van der Waals surface area contributed by atoms with Gasteiger partial charge in [0.2, 0.25) is 5.91 Å². The highest BCUT2D eigenvalue weighted by atomic mass is 35.5. The van der Waals surface area contributed by atoms with Crippen LogP contribution >= 0.6 is 11.6 Å². The molecule has 0 aliphatic carbocycles. The topological polar surface area (TPSA) is 46.9 Å². The molecular weight excluding hydrogens is 274 g/mol. The number of amides is 1. The van der Waals surface area contributed by atoms with Crippen LogP contribution in [0.2, 0.25) is 5.02 Å². The highest BCUT2D eigenvalue weighted by Gasteiger charge is 2.15. The van der Waals surface area contributed by atoms with Crippen molar-refractivity contribution in [3.05, 3.63) is 46.2 Å². The van der Waals surface area contributed by atoms with E-state index in [2.05, 4.69) is 10.4 Å². The van der Waals surface area contributed by atoms with E-state index in [-0.39, 0.29) is 5.91 Å². The van der Waals surface area contributed by atoms with E-state index >= 15 is 0 Å². The predicted octanol–water partition coefficient (Wildman–Crippen LogP) is 2.82. The van der Waals surface area contributed by atoms with Crippen molar-refractivity contribution in [3.8, 4) is 5.69 Å². The molecule has 4 nitrogen and oxygen atoms in total. The number of aromatic nitrogens is 2. The van der Waals surface area contributed by atoms with Gasteiger partial charge in [-0.15, -0.1) is 0 Å². The zero-order valence-electron chi connectivity index (χ0n) is 11.9. The minimum atomic E-state index is 0.0226. The minimum absolute atomic E-state index is 0.0226. The van der Waals surface area contributed by atoms with Crippen molar-refractivity contribution in [2.24, 2.45) is 0 Å². The molecule has 0 spiro atoms. The van der Waals surface area contributed by atoms with E-state index in [0.29, 0.717) is 18.0 Å². The summed E-state index contributed by atoms with van der Waals surface area (Å²) in [6.07, 6.45) is 0.360. The standard InChI is InChI=1S/C15H18ClN3O/c1-4-17-15(20)9-14-10(2)18-19(11(14)3)13-7-5-12(16)6-8-13/h5-8H,4,9H2,1-3H3,(H,17,20). The molecule has 5 heteroatoms. The maximum absolute atomic E-state index is 11.7. The largest absolute Gasteiger partial charge is 0.356 e. The van der Waals surface area contributed by atoms with E-state index in [0.717, 1.165) is 22.6 Å². The van der Waals surface area contributed by atoms with Gasteiger partial charge in [-0.1, -0.05) is 11.6 Å². The number of rotatable bonds is 4. The lowest BCUT2D eigenvalue weighted by molar-refractivity contribution is -0.120. The molecule has 1 heterocycles. The van der Waals surface area contributed by atoms with Crippen LogP contribution in [0.25, 0.3) is 5.69 Å². The van der Waals surface area contributed by atoms with Gasteiger partial charge in [0.05, 0.1) is 17.8 Å². The van der Waals surface area contributed by atoms with Gasteiger partial charge in [-0.3, -0.25) is 4.79 Å². The van der Waals surface area contributed by atoms with Gasteiger partial charge in [-0.05, 0) is 45.0 Å². The number of carbonyl (C=O) groups is 1. The Kier molecular flexibility index (Phi) is 4.45. The summed E-state index contributed by atoms with van der Waals surface area (Å²) in [6.45, 7) is 6.45. The van der Waals surface area contributed by atoms with Crippen LogP contribution < -0.4 is 5.32 Å². The normalized spacial score (nSPS) is 10.6. The second-order valence-corrected chi connectivity index (χ2v) is 5.10. The van der Waals surface area contributed by atoms with Crippen molar-refractivity contribution in [3.63, 3.8) is 0 Å². The summed E-state index contributed by atoms with van der Waals surface area (Å²) < 4.78 is 1.85. The molecule has 0 saturated carbocycles. The number of halogens is 1. The van der Waals surface area contributed by atoms with E-state index in [4.69, 9.17) is 11.6 Å². The summed E-state index contributed by atoms with van der Waals surface area (Å²) in [7, 11) is 0. The van der Waals surface area contributed by atoms with Crippen LogP contribution in [0.5, 0.6) is 0 Å². The highest BCUT2D eigenvalue weighted by molar-refractivity contribution is 6.30. The van der Waals surface area contributed by atoms with Crippen LogP contribution in [0.15, 0.2) is 24.3 Å². The first-order chi connectivity index (χ1) is 9.52. The SMILES string of the molecule is CCNC(=O)Cc1c(C)nn(-c2ccc(Cl)cc2)c1C. The molecule has 0 radical (unpaired) electrons. The van der Waals surface area contributed by atoms with Crippen molar-refractivity contribution in [2.45, 2.75) is 27.2 Å². The van der Waals surface area contributed by atoms with Gasteiger partial charge in [-0.2, -0.15) is 5.10 Å². The molecule has 2 rings (SSSR count). The molecule has 0 aliphatic heterocycles. The molecule has 106 valence electrons. The number of nitrogens with one attached hydrogen (secondary N) is 1. The van der Waals surface area contributed by atoms with Gasteiger partial charge in [0.25, 0.3) is 0 Å².